The van der Waals surface area contributed by atoms with Crippen molar-refractivity contribution in [3.05, 3.63) is 45.4 Å². The third kappa shape index (κ3) is 3.71. The molecule has 2 aromatic rings. The van der Waals surface area contributed by atoms with Gasteiger partial charge < -0.3 is 0 Å². The van der Waals surface area contributed by atoms with Crippen LogP contribution in [0.1, 0.15) is 16.8 Å². The topological polar surface area (TPSA) is 37.3 Å². The first-order chi connectivity index (χ1) is 9.36. The minimum atomic E-state index is -4.45. The van der Waals surface area contributed by atoms with Gasteiger partial charge in [0.05, 0.1) is 17.5 Å². The maximum atomic E-state index is 12.8. The summed E-state index contributed by atoms with van der Waals surface area (Å²) >= 11 is 7.02. The fraction of sp³-hybridized carbons (Fsp3) is 0.167. The maximum Gasteiger partial charge on any atom is 0.417 e. The highest BCUT2D eigenvalue weighted by Crippen LogP contribution is 2.32. The Hall–Kier alpha value is -1.60. The molecule has 0 aliphatic carbocycles. The van der Waals surface area contributed by atoms with Crippen molar-refractivity contribution in [2.45, 2.75) is 13.1 Å². The summed E-state index contributed by atoms with van der Waals surface area (Å²) in [6.07, 6.45) is -3.38. The van der Waals surface area contributed by atoms with Gasteiger partial charge in [-0.15, -0.1) is 11.3 Å². The first-order valence-electron chi connectivity index (χ1n) is 5.44. The number of aromatic nitrogens is 1. The number of nitrogens with one attached hydrogen (secondary N) is 1. The molecule has 0 unspecified atom stereocenters. The Morgan fingerprint density at radius 3 is 2.75 bits per heavy atom. The number of benzene rings is 1. The number of hydrogen-bond donors (Lipinski definition) is 1. The molecule has 3 nitrogen and oxygen atoms in total. The van der Waals surface area contributed by atoms with E-state index in [9.17, 15) is 13.2 Å². The Morgan fingerprint density at radius 2 is 2.15 bits per heavy atom. The fourth-order valence-corrected chi connectivity index (χ4v) is 2.28. The molecule has 1 heterocycles. The van der Waals surface area contributed by atoms with Gasteiger partial charge in [-0.3, -0.25) is 5.43 Å². The summed E-state index contributed by atoms with van der Waals surface area (Å²) in [5, 5.41) is 6.28. The molecule has 0 aliphatic heterocycles. The van der Waals surface area contributed by atoms with E-state index in [-0.39, 0.29) is 10.6 Å². The molecule has 0 fully saturated rings. The van der Waals surface area contributed by atoms with Crippen molar-refractivity contribution in [2.24, 2.45) is 5.10 Å². The summed E-state index contributed by atoms with van der Waals surface area (Å²) in [5.41, 5.74) is 2.50. The van der Waals surface area contributed by atoms with E-state index in [4.69, 9.17) is 11.6 Å². The molecule has 0 bridgehead atoms. The largest absolute Gasteiger partial charge is 0.417 e. The molecule has 0 amide bonds. The minimum absolute atomic E-state index is 0.106. The lowest BCUT2D eigenvalue weighted by atomic mass is 10.1. The van der Waals surface area contributed by atoms with Gasteiger partial charge in [-0.2, -0.15) is 18.3 Å². The molecule has 2 rings (SSSR count). The number of hydrogen-bond acceptors (Lipinski definition) is 4. The molecule has 1 N–H and O–H groups in total. The van der Waals surface area contributed by atoms with E-state index in [1.807, 2.05) is 6.92 Å². The average Bonchev–Trinajstić information content (AvgIpc) is 2.73. The molecule has 20 heavy (non-hydrogen) atoms. The third-order valence-corrected chi connectivity index (χ3v) is 3.40. The standard InChI is InChI=1S/C12H9ClF3N3S/c1-7-6-20-11(18-7)19-17-5-8-4-9(13)2-3-10(8)12(14,15)16/h2-6H,1H3,(H,18,19). The molecule has 0 saturated carbocycles. The van der Waals surface area contributed by atoms with E-state index in [0.717, 1.165) is 18.0 Å². The highest BCUT2D eigenvalue weighted by atomic mass is 35.5. The highest BCUT2D eigenvalue weighted by Gasteiger charge is 2.32. The summed E-state index contributed by atoms with van der Waals surface area (Å²) in [5.74, 6) is 0. The molecular weight excluding hydrogens is 311 g/mol. The van der Waals surface area contributed by atoms with Crippen LogP contribution in [0.2, 0.25) is 5.02 Å². The summed E-state index contributed by atoms with van der Waals surface area (Å²) in [4.78, 5) is 4.08. The first kappa shape index (κ1) is 14.8. The molecule has 0 aliphatic rings. The number of alkyl halides is 3. The Labute approximate surface area is 122 Å². The molecular formula is C12H9ClF3N3S. The lowest BCUT2D eigenvalue weighted by Crippen LogP contribution is -2.09. The van der Waals surface area contributed by atoms with Crippen LogP contribution in [0.5, 0.6) is 0 Å². The van der Waals surface area contributed by atoms with Crippen LogP contribution < -0.4 is 5.43 Å². The van der Waals surface area contributed by atoms with Gasteiger partial charge in [-0.05, 0) is 25.1 Å². The number of halogens is 4. The van der Waals surface area contributed by atoms with Gasteiger partial charge in [-0.25, -0.2) is 4.98 Å². The summed E-state index contributed by atoms with van der Waals surface area (Å²) < 4.78 is 38.4. The van der Waals surface area contributed by atoms with Gasteiger partial charge in [-0.1, -0.05) is 11.6 Å². The number of aryl methyl sites for hydroxylation is 1. The van der Waals surface area contributed by atoms with Gasteiger partial charge in [0.15, 0.2) is 0 Å². The van der Waals surface area contributed by atoms with Gasteiger partial charge >= 0.3 is 6.18 Å². The van der Waals surface area contributed by atoms with E-state index in [1.54, 1.807) is 5.38 Å². The second kappa shape index (κ2) is 5.80. The van der Waals surface area contributed by atoms with Gasteiger partial charge in [0.2, 0.25) is 5.13 Å². The van der Waals surface area contributed by atoms with Crippen molar-refractivity contribution >= 4 is 34.3 Å². The second-order valence-electron chi connectivity index (χ2n) is 3.89. The normalized spacial score (nSPS) is 12.1. The Balaban J connectivity index is 2.21. The van der Waals surface area contributed by atoms with Crippen LogP contribution in [0.4, 0.5) is 18.3 Å². The zero-order valence-electron chi connectivity index (χ0n) is 10.2. The average molecular weight is 320 g/mol. The van der Waals surface area contributed by atoms with Crippen LogP contribution in [-0.4, -0.2) is 11.2 Å². The molecule has 0 radical (unpaired) electrons. The number of thiazole rings is 1. The van der Waals surface area contributed by atoms with Crippen LogP contribution in [-0.2, 0) is 6.18 Å². The lowest BCUT2D eigenvalue weighted by molar-refractivity contribution is -0.137. The molecule has 0 atom stereocenters. The van der Waals surface area contributed by atoms with Crippen molar-refractivity contribution < 1.29 is 13.2 Å². The molecule has 106 valence electrons. The van der Waals surface area contributed by atoms with E-state index in [2.05, 4.69) is 15.5 Å². The zero-order valence-corrected chi connectivity index (χ0v) is 11.8. The summed E-state index contributed by atoms with van der Waals surface area (Å²) in [7, 11) is 0. The minimum Gasteiger partial charge on any atom is -0.253 e. The predicted molar refractivity (Wildman–Crippen MR) is 74.5 cm³/mol. The van der Waals surface area contributed by atoms with Crippen LogP contribution in [0, 0.1) is 6.92 Å². The zero-order chi connectivity index (χ0) is 14.8. The first-order valence-corrected chi connectivity index (χ1v) is 6.70. The lowest BCUT2D eigenvalue weighted by Gasteiger charge is -2.09. The van der Waals surface area contributed by atoms with Gasteiger partial charge in [0.1, 0.15) is 0 Å². The van der Waals surface area contributed by atoms with Crippen molar-refractivity contribution in [1.82, 2.24) is 4.98 Å². The Morgan fingerprint density at radius 1 is 1.40 bits per heavy atom. The molecule has 0 spiro atoms. The van der Waals surface area contributed by atoms with E-state index < -0.39 is 11.7 Å². The molecule has 8 heteroatoms. The SMILES string of the molecule is Cc1csc(NN=Cc2cc(Cl)ccc2C(F)(F)F)n1. The van der Waals surface area contributed by atoms with Crippen LogP contribution >= 0.6 is 22.9 Å². The van der Waals surface area contributed by atoms with Gasteiger partial charge in [0, 0.05) is 16.0 Å². The quantitative estimate of drug-likeness (QED) is 0.664. The number of hydrazone groups is 1. The van der Waals surface area contributed by atoms with Crippen LogP contribution in [0.3, 0.4) is 0 Å². The monoisotopic (exact) mass is 319 g/mol. The third-order valence-electron chi connectivity index (χ3n) is 2.30. The predicted octanol–water partition coefficient (Wildman–Crippen LogP) is 4.57. The Bertz CT molecular complexity index is 637. The molecule has 0 saturated heterocycles. The smallest absolute Gasteiger partial charge is 0.253 e. The molecule has 1 aromatic heterocycles. The molecule has 1 aromatic carbocycles. The van der Waals surface area contributed by atoms with E-state index >= 15 is 0 Å². The van der Waals surface area contributed by atoms with E-state index in [0.29, 0.717) is 5.13 Å². The van der Waals surface area contributed by atoms with Crippen LogP contribution in [0.25, 0.3) is 0 Å². The second-order valence-corrected chi connectivity index (χ2v) is 5.19. The van der Waals surface area contributed by atoms with Gasteiger partial charge in [0.25, 0.3) is 0 Å². The maximum absolute atomic E-state index is 12.8. The van der Waals surface area contributed by atoms with Crippen molar-refractivity contribution in [3.63, 3.8) is 0 Å². The van der Waals surface area contributed by atoms with E-state index in [1.165, 1.54) is 23.5 Å². The summed E-state index contributed by atoms with van der Waals surface area (Å²) in [6, 6.07) is 3.33. The number of anilines is 1. The summed E-state index contributed by atoms with van der Waals surface area (Å²) in [6.45, 7) is 1.81. The number of rotatable bonds is 3. The van der Waals surface area contributed by atoms with Crippen molar-refractivity contribution in [2.75, 3.05) is 5.43 Å². The Kier molecular flexibility index (Phi) is 4.29. The highest BCUT2D eigenvalue weighted by molar-refractivity contribution is 7.13. The number of nitrogens with zero attached hydrogens (tertiary/aromatic N) is 2. The van der Waals surface area contributed by atoms with Crippen LogP contribution in [0.15, 0.2) is 28.7 Å². The fourth-order valence-electron chi connectivity index (χ4n) is 1.46. The van der Waals surface area contributed by atoms with Crippen molar-refractivity contribution in [3.8, 4) is 0 Å². The van der Waals surface area contributed by atoms with Crippen molar-refractivity contribution in [1.29, 1.82) is 0 Å².